The van der Waals surface area contributed by atoms with Crippen LogP contribution in [0.25, 0.3) is 88.3 Å². The van der Waals surface area contributed by atoms with Crippen molar-refractivity contribution in [3.63, 3.8) is 0 Å². The Labute approximate surface area is 425 Å². The molecule has 2 heteroatoms. The van der Waals surface area contributed by atoms with E-state index in [9.17, 15) is 0 Å². The normalized spacial score (nSPS) is 12.5. The van der Waals surface area contributed by atoms with Gasteiger partial charge in [-0.1, -0.05) is 231 Å². The Balaban J connectivity index is 0.924. The molecule has 0 fully saturated rings. The second kappa shape index (κ2) is 17.4. The van der Waals surface area contributed by atoms with Gasteiger partial charge in [0.15, 0.2) is 0 Å². The number of nitrogens with zero attached hydrogens (tertiary/aromatic N) is 1. The number of furan rings is 1. The van der Waals surface area contributed by atoms with E-state index >= 15 is 0 Å². The molecule has 13 aromatic rings. The highest BCUT2D eigenvalue weighted by Gasteiger charge is 2.47. The summed E-state index contributed by atoms with van der Waals surface area (Å²) in [7, 11) is 0. The van der Waals surface area contributed by atoms with Gasteiger partial charge in [-0.25, -0.2) is 0 Å². The number of rotatable bonds is 9. The molecule has 342 valence electrons. The molecule has 14 rings (SSSR count). The summed E-state index contributed by atoms with van der Waals surface area (Å²) in [5, 5.41) is 4.62. The molecule has 0 bridgehead atoms. The zero-order chi connectivity index (χ0) is 48.3. The highest BCUT2D eigenvalue weighted by molar-refractivity contribution is 6.06. The molecular formula is C71H47NO. The van der Waals surface area contributed by atoms with Crippen LogP contribution >= 0.6 is 0 Å². The summed E-state index contributed by atoms with van der Waals surface area (Å²) in [5.74, 6) is 0. The van der Waals surface area contributed by atoms with Crippen molar-refractivity contribution in [2.75, 3.05) is 4.90 Å². The lowest BCUT2D eigenvalue weighted by Gasteiger charge is -2.34. The van der Waals surface area contributed by atoms with Crippen molar-refractivity contribution < 1.29 is 4.42 Å². The van der Waals surface area contributed by atoms with E-state index < -0.39 is 5.41 Å². The average molecular weight is 930 g/mol. The quantitative estimate of drug-likeness (QED) is 0.143. The lowest BCUT2D eigenvalue weighted by atomic mass is 9.67. The number of benzene rings is 12. The van der Waals surface area contributed by atoms with Crippen molar-refractivity contribution in [1.29, 1.82) is 0 Å². The molecule has 0 unspecified atom stereocenters. The molecule has 1 aromatic heterocycles. The molecule has 1 heterocycles. The Kier molecular flexibility index (Phi) is 10.1. The highest BCUT2D eigenvalue weighted by Crippen LogP contribution is 2.59. The molecule has 0 N–H and O–H groups in total. The predicted octanol–water partition coefficient (Wildman–Crippen LogP) is 19.2. The first-order valence-electron chi connectivity index (χ1n) is 25.1. The number of hydrogen-bond donors (Lipinski definition) is 0. The standard InChI is InChI=1S/C71H47NO/c1-4-17-48(18-5-1)49-31-33-50(34-32-49)52-35-36-54-46-59(43-39-53(54)45-52)72(58-41-37-51(38-42-58)55-40-44-62-61-24-12-15-30-68(61)73-69(62)47-55)67-29-14-11-23-60(67)63-26-16-28-66-70(63)64-25-10-13-27-65(64)71(66,56-19-6-2-7-20-56)57-21-8-3-9-22-57/h1-47H. The Bertz CT molecular complexity index is 4130. The van der Waals surface area contributed by atoms with Gasteiger partial charge in [-0.3, -0.25) is 0 Å². The number of fused-ring (bicyclic) bond motifs is 7. The summed E-state index contributed by atoms with van der Waals surface area (Å²) in [5.41, 5.74) is 21.5. The zero-order valence-corrected chi connectivity index (χ0v) is 40.0. The maximum atomic E-state index is 6.34. The first-order valence-corrected chi connectivity index (χ1v) is 25.1. The van der Waals surface area contributed by atoms with E-state index in [1.54, 1.807) is 0 Å². The van der Waals surface area contributed by atoms with Crippen LogP contribution in [0.4, 0.5) is 17.1 Å². The third-order valence-electron chi connectivity index (χ3n) is 15.2. The van der Waals surface area contributed by atoms with Gasteiger partial charge in [-0.15, -0.1) is 0 Å². The van der Waals surface area contributed by atoms with E-state index in [2.05, 4.69) is 278 Å². The van der Waals surface area contributed by atoms with E-state index in [0.29, 0.717) is 0 Å². The third kappa shape index (κ3) is 7.02. The smallest absolute Gasteiger partial charge is 0.136 e. The summed E-state index contributed by atoms with van der Waals surface area (Å²) in [6.45, 7) is 0. The van der Waals surface area contributed by atoms with Crippen molar-refractivity contribution in [2.45, 2.75) is 5.41 Å². The Morgan fingerprint density at radius 2 is 0.781 bits per heavy atom. The average Bonchev–Trinajstić information content (AvgIpc) is 4.00. The molecule has 0 spiro atoms. The lowest BCUT2D eigenvalue weighted by Crippen LogP contribution is -2.28. The predicted molar refractivity (Wildman–Crippen MR) is 305 cm³/mol. The minimum atomic E-state index is -0.512. The molecule has 1 aliphatic carbocycles. The Morgan fingerprint density at radius 3 is 1.53 bits per heavy atom. The Hall–Kier alpha value is -9.50. The van der Waals surface area contributed by atoms with Gasteiger partial charge in [0, 0.05) is 27.7 Å². The van der Waals surface area contributed by atoms with Crippen LogP contribution in [0.15, 0.2) is 290 Å². The number of para-hydroxylation sites is 2. The van der Waals surface area contributed by atoms with E-state index in [1.807, 2.05) is 12.1 Å². The molecule has 2 nitrogen and oxygen atoms in total. The summed E-state index contributed by atoms with van der Waals surface area (Å²) in [6.07, 6.45) is 0. The fourth-order valence-electron chi connectivity index (χ4n) is 11.8. The SMILES string of the molecule is c1ccc(-c2ccc(-c3ccc4cc(N(c5ccc(-c6ccc7c(c6)oc6ccccc67)cc5)c5ccccc5-c5cccc6c5-c5ccccc5C6(c5ccccc5)c5ccccc5)ccc4c3)cc2)cc1. The number of hydrogen-bond acceptors (Lipinski definition) is 2. The van der Waals surface area contributed by atoms with Gasteiger partial charge >= 0.3 is 0 Å². The van der Waals surface area contributed by atoms with Crippen LogP contribution in [0, 0.1) is 0 Å². The van der Waals surface area contributed by atoms with E-state index in [0.717, 1.165) is 55.7 Å². The second-order valence-electron chi connectivity index (χ2n) is 19.2. The van der Waals surface area contributed by atoms with Gasteiger partial charge in [0.25, 0.3) is 0 Å². The zero-order valence-electron chi connectivity index (χ0n) is 40.0. The Morgan fingerprint density at radius 1 is 0.288 bits per heavy atom. The summed E-state index contributed by atoms with van der Waals surface area (Å²) >= 11 is 0. The van der Waals surface area contributed by atoms with Crippen LogP contribution in [0.3, 0.4) is 0 Å². The summed E-state index contributed by atoms with van der Waals surface area (Å²) in [6, 6.07) is 104. The van der Waals surface area contributed by atoms with E-state index in [1.165, 1.54) is 72.0 Å². The van der Waals surface area contributed by atoms with Crippen molar-refractivity contribution in [3.8, 4) is 55.6 Å². The van der Waals surface area contributed by atoms with E-state index in [4.69, 9.17) is 4.42 Å². The van der Waals surface area contributed by atoms with Gasteiger partial charge in [-0.2, -0.15) is 0 Å². The molecule has 0 atom stereocenters. The molecule has 73 heavy (non-hydrogen) atoms. The lowest BCUT2D eigenvalue weighted by molar-refractivity contribution is 0.669. The molecular weight excluding hydrogens is 883 g/mol. The minimum absolute atomic E-state index is 0.512. The van der Waals surface area contributed by atoms with Gasteiger partial charge in [-0.05, 0) is 138 Å². The molecule has 0 amide bonds. The third-order valence-corrected chi connectivity index (χ3v) is 15.2. The summed E-state index contributed by atoms with van der Waals surface area (Å²) in [4.78, 5) is 2.44. The highest BCUT2D eigenvalue weighted by atomic mass is 16.3. The fraction of sp³-hybridized carbons (Fsp3) is 0.0141. The monoisotopic (exact) mass is 929 g/mol. The first kappa shape index (κ1) is 42.4. The maximum absolute atomic E-state index is 6.34. The topological polar surface area (TPSA) is 16.4 Å². The van der Waals surface area contributed by atoms with Gasteiger partial charge in [0.2, 0.25) is 0 Å². The van der Waals surface area contributed by atoms with Crippen LogP contribution in [0.5, 0.6) is 0 Å². The molecule has 0 aliphatic heterocycles. The largest absolute Gasteiger partial charge is 0.456 e. The fourth-order valence-corrected chi connectivity index (χ4v) is 11.8. The van der Waals surface area contributed by atoms with Gasteiger partial charge < -0.3 is 9.32 Å². The molecule has 0 saturated carbocycles. The number of anilines is 3. The van der Waals surface area contributed by atoms with Gasteiger partial charge in [0.1, 0.15) is 11.2 Å². The van der Waals surface area contributed by atoms with Crippen molar-refractivity contribution >= 4 is 49.8 Å². The molecule has 1 aliphatic rings. The van der Waals surface area contributed by atoms with Crippen molar-refractivity contribution in [2.24, 2.45) is 0 Å². The van der Waals surface area contributed by atoms with Gasteiger partial charge in [0.05, 0.1) is 11.1 Å². The molecule has 0 radical (unpaired) electrons. The molecule has 0 saturated heterocycles. The second-order valence-corrected chi connectivity index (χ2v) is 19.2. The molecule has 12 aromatic carbocycles. The van der Waals surface area contributed by atoms with Crippen molar-refractivity contribution in [3.05, 3.63) is 307 Å². The minimum Gasteiger partial charge on any atom is -0.456 e. The van der Waals surface area contributed by atoms with Crippen LogP contribution in [-0.4, -0.2) is 0 Å². The van der Waals surface area contributed by atoms with E-state index in [-0.39, 0.29) is 0 Å². The van der Waals surface area contributed by atoms with Crippen LogP contribution in [-0.2, 0) is 5.41 Å². The first-order chi connectivity index (χ1) is 36.2. The maximum Gasteiger partial charge on any atom is 0.136 e. The van der Waals surface area contributed by atoms with Crippen LogP contribution in [0.1, 0.15) is 22.3 Å². The van der Waals surface area contributed by atoms with Crippen LogP contribution < -0.4 is 4.90 Å². The van der Waals surface area contributed by atoms with Crippen LogP contribution in [0.2, 0.25) is 0 Å². The van der Waals surface area contributed by atoms with Crippen molar-refractivity contribution in [1.82, 2.24) is 0 Å². The summed E-state index contributed by atoms with van der Waals surface area (Å²) < 4.78 is 6.34.